The Morgan fingerprint density at radius 3 is 1.00 bits per heavy atom. The predicted octanol–water partition coefficient (Wildman–Crippen LogP) is 16.0. The van der Waals surface area contributed by atoms with Gasteiger partial charge in [-0.25, -0.2) is 0 Å². The van der Waals surface area contributed by atoms with Crippen LogP contribution in [0.3, 0.4) is 0 Å². The summed E-state index contributed by atoms with van der Waals surface area (Å²) in [5.74, 6) is -0.875. The first kappa shape index (κ1) is 54.9. The monoisotopic (exact) mass is 803 g/mol. The molecule has 0 aliphatic rings. The van der Waals surface area contributed by atoms with Crippen LogP contribution in [0.4, 0.5) is 0 Å². The number of esters is 3. The Hall–Kier alpha value is -2.11. The Morgan fingerprint density at radius 2 is 0.632 bits per heavy atom. The number of hydrogen-bond acceptors (Lipinski definition) is 6. The molecular weight excluding hydrogens is 709 g/mol. The van der Waals surface area contributed by atoms with Gasteiger partial charge < -0.3 is 14.2 Å². The van der Waals surface area contributed by atoms with Crippen LogP contribution in [0.2, 0.25) is 0 Å². The van der Waals surface area contributed by atoms with Gasteiger partial charge >= 0.3 is 17.9 Å². The normalized spacial score (nSPS) is 12.1. The van der Waals surface area contributed by atoms with Crippen molar-refractivity contribution in [2.24, 2.45) is 0 Å². The second-order valence-electron chi connectivity index (χ2n) is 16.7. The molecule has 0 unspecified atom stereocenters. The van der Waals surface area contributed by atoms with Gasteiger partial charge in [-0.1, -0.05) is 218 Å². The van der Waals surface area contributed by atoms with E-state index in [2.05, 4.69) is 45.1 Å². The van der Waals surface area contributed by atoms with Gasteiger partial charge in [0, 0.05) is 19.3 Å². The van der Waals surface area contributed by atoms with Gasteiger partial charge in [-0.05, 0) is 51.4 Å². The van der Waals surface area contributed by atoms with Crippen molar-refractivity contribution >= 4 is 17.9 Å². The summed E-state index contributed by atoms with van der Waals surface area (Å²) in [4.78, 5) is 37.8. The number of carbonyl (C=O) groups excluding carboxylic acids is 3. The van der Waals surface area contributed by atoms with Gasteiger partial charge in [0.25, 0.3) is 0 Å². The van der Waals surface area contributed by atoms with Crippen molar-refractivity contribution in [2.75, 3.05) is 13.2 Å². The van der Waals surface area contributed by atoms with Crippen molar-refractivity contribution in [1.29, 1.82) is 0 Å². The molecule has 1 atom stereocenters. The van der Waals surface area contributed by atoms with E-state index in [0.717, 1.165) is 77.0 Å². The maximum atomic E-state index is 12.7. The zero-order valence-electron chi connectivity index (χ0n) is 38.1. The van der Waals surface area contributed by atoms with Crippen molar-refractivity contribution in [1.82, 2.24) is 0 Å². The zero-order chi connectivity index (χ0) is 41.5. The zero-order valence-corrected chi connectivity index (χ0v) is 38.1. The predicted molar refractivity (Wildman–Crippen MR) is 243 cm³/mol. The quantitative estimate of drug-likeness (QED) is 0.0264. The number of allylic oxidation sites excluding steroid dienone is 4. The minimum atomic E-state index is -0.769. The molecule has 0 aromatic carbocycles. The molecule has 0 rings (SSSR count). The first-order valence-corrected chi connectivity index (χ1v) is 24.8. The fraction of sp³-hybridized carbons (Fsp3) is 0.863. The summed E-state index contributed by atoms with van der Waals surface area (Å²) in [6.45, 7) is 6.61. The number of rotatable bonds is 45. The van der Waals surface area contributed by atoms with E-state index in [1.165, 1.54) is 148 Å². The highest BCUT2D eigenvalue weighted by atomic mass is 16.6. The molecule has 0 saturated heterocycles. The van der Waals surface area contributed by atoms with Crippen molar-refractivity contribution in [3.8, 4) is 0 Å². The lowest BCUT2D eigenvalue weighted by molar-refractivity contribution is -0.167. The lowest BCUT2D eigenvalue weighted by atomic mass is 10.0. The Balaban J connectivity index is 4.35. The number of unbranched alkanes of at least 4 members (excludes halogenated alkanes) is 30. The van der Waals surface area contributed by atoms with Gasteiger partial charge in [0.15, 0.2) is 6.10 Å². The summed E-state index contributed by atoms with van der Waals surface area (Å²) in [6.07, 6.45) is 51.5. The van der Waals surface area contributed by atoms with Gasteiger partial charge in [0.05, 0.1) is 0 Å². The van der Waals surface area contributed by atoms with Crippen LogP contribution in [0, 0.1) is 0 Å². The Kier molecular flexibility index (Phi) is 44.9. The lowest BCUT2D eigenvalue weighted by Gasteiger charge is -2.18. The van der Waals surface area contributed by atoms with Crippen LogP contribution >= 0.6 is 0 Å². The summed E-state index contributed by atoms with van der Waals surface area (Å²) in [6, 6.07) is 0. The molecule has 57 heavy (non-hydrogen) atoms. The molecule has 0 N–H and O–H groups in total. The second kappa shape index (κ2) is 46.6. The highest BCUT2D eigenvalue weighted by Gasteiger charge is 2.19. The molecule has 334 valence electrons. The molecule has 0 saturated carbocycles. The van der Waals surface area contributed by atoms with E-state index in [9.17, 15) is 14.4 Å². The van der Waals surface area contributed by atoms with E-state index in [1.807, 2.05) is 0 Å². The summed E-state index contributed by atoms with van der Waals surface area (Å²) >= 11 is 0. The largest absolute Gasteiger partial charge is 0.462 e. The molecule has 0 amide bonds. The van der Waals surface area contributed by atoms with Crippen LogP contribution in [0.5, 0.6) is 0 Å². The summed E-state index contributed by atoms with van der Waals surface area (Å²) in [7, 11) is 0. The number of carbonyl (C=O) groups is 3. The van der Waals surface area contributed by atoms with Crippen molar-refractivity contribution in [2.45, 2.75) is 271 Å². The van der Waals surface area contributed by atoms with E-state index in [4.69, 9.17) is 14.2 Å². The second-order valence-corrected chi connectivity index (χ2v) is 16.7. The fourth-order valence-electron chi connectivity index (χ4n) is 7.18. The number of hydrogen-bond donors (Lipinski definition) is 0. The third-order valence-corrected chi connectivity index (χ3v) is 11.0. The van der Waals surface area contributed by atoms with Crippen molar-refractivity contribution in [3.05, 3.63) is 24.3 Å². The van der Waals surface area contributed by atoms with Gasteiger partial charge in [-0.15, -0.1) is 0 Å². The molecule has 0 heterocycles. The molecule has 0 radical (unpaired) electrons. The Bertz CT molecular complexity index is 927. The molecule has 0 aliphatic carbocycles. The first-order valence-electron chi connectivity index (χ1n) is 24.8. The first-order chi connectivity index (χ1) is 28.0. The molecule has 6 nitrogen and oxygen atoms in total. The van der Waals surface area contributed by atoms with E-state index in [-0.39, 0.29) is 31.1 Å². The molecule has 0 bridgehead atoms. The lowest BCUT2D eigenvalue weighted by Crippen LogP contribution is -2.30. The SMILES string of the molecule is CCCCC/C=C\C/C=C\CCCCCCCC(=O)OC[C@@H](COC(=O)CCCCCCCCCCCCCCC)OC(=O)CCCCCCCCCCCCC. The van der Waals surface area contributed by atoms with Crippen LogP contribution in [-0.4, -0.2) is 37.2 Å². The molecule has 0 aliphatic heterocycles. The average Bonchev–Trinajstić information content (AvgIpc) is 3.21. The minimum Gasteiger partial charge on any atom is -0.462 e. The van der Waals surface area contributed by atoms with Crippen LogP contribution in [0.25, 0.3) is 0 Å². The van der Waals surface area contributed by atoms with Crippen molar-refractivity contribution < 1.29 is 28.6 Å². The standard InChI is InChI=1S/C51H94O6/c1-4-7-10-13-16-19-22-24-25-27-30-32-35-38-41-44-50(53)56-47-48(57-51(54)45-42-39-36-33-28-21-18-15-12-9-6-3)46-55-49(52)43-40-37-34-31-29-26-23-20-17-14-11-8-5-2/h16,19,24-25,48H,4-15,17-18,20-23,26-47H2,1-3H3/b19-16-,25-24-/t48-/m1/s1. The summed E-state index contributed by atoms with van der Waals surface area (Å²) < 4.78 is 16.8. The van der Waals surface area contributed by atoms with Crippen LogP contribution in [0.15, 0.2) is 24.3 Å². The minimum absolute atomic E-state index is 0.0712. The summed E-state index contributed by atoms with van der Waals surface area (Å²) in [5.41, 5.74) is 0. The Morgan fingerprint density at radius 1 is 0.351 bits per heavy atom. The molecule has 6 heteroatoms. The molecule has 0 spiro atoms. The highest BCUT2D eigenvalue weighted by Crippen LogP contribution is 2.15. The van der Waals surface area contributed by atoms with Gasteiger partial charge in [0.2, 0.25) is 0 Å². The molecule has 0 fully saturated rings. The van der Waals surface area contributed by atoms with E-state index < -0.39 is 6.10 Å². The van der Waals surface area contributed by atoms with Crippen molar-refractivity contribution in [3.63, 3.8) is 0 Å². The Labute approximate surface area is 353 Å². The van der Waals surface area contributed by atoms with E-state index in [1.54, 1.807) is 0 Å². The van der Waals surface area contributed by atoms with E-state index in [0.29, 0.717) is 19.3 Å². The maximum Gasteiger partial charge on any atom is 0.306 e. The third kappa shape index (κ3) is 44.8. The fourth-order valence-corrected chi connectivity index (χ4v) is 7.18. The van der Waals surface area contributed by atoms with E-state index >= 15 is 0 Å². The van der Waals surface area contributed by atoms with Gasteiger partial charge in [-0.2, -0.15) is 0 Å². The maximum absolute atomic E-state index is 12.7. The average molecular weight is 803 g/mol. The molecular formula is C51H94O6. The topological polar surface area (TPSA) is 78.9 Å². The molecule has 0 aromatic heterocycles. The number of ether oxygens (including phenoxy) is 3. The van der Waals surface area contributed by atoms with Gasteiger partial charge in [-0.3, -0.25) is 14.4 Å². The molecule has 0 aromatic rings. The van der Waals surface area contributed by atoms with Crippen LogP contribution in [-0.2, 0) is 28.6 Å². The highest BCUT2D eigenvalue weighted by molar-refractivity contribution is 5.71. The van der Waals surface area contributed by atoms with Crippen LogP contribution < -0.4 is 0 Å². The third-order valence-electron chi connectivity index (χ3n) is 11.0. The van der Waals surface area contributed by atoms with Gasteiger partial charge in [0.1, 0.15) is 13.2 Å². The van der Waals surface area contributed by atoms with Crippen LogP contribution in [0.1, 0.15) is 265 Å². The smallest absolute Gasteiger partial charge is 0.306 e. The summed E-state index contributed by atoms with van der Waals surface area (Å²) in [5, 5.41) is 0.